The summed E-state index contributed by atoms with van der Waals surface area (Å²) in [6.07, 6.45) is 7.31. The highest BCUT2D eigenvalue weighted by atomic mass is 32.1. The number of benzene rings is 3. The molecule has 1 amide bonds. The SMILES string of the molecule is O=C(/C=C/c1ccccc1)NC(=S)Nc1ccc(/C=C/c2ccccc2)cc1. The van der Waals surface area contributed by atoms with Crippen LogP contribution in [0.5, 0.6) is 0 Å². The zero-order valence-electron chi connectivity index (χ0n) is 15.2. The second-order valence-corrected chi connectivity index (χ2v) is 6.46. The molecule has 0 aromatic heterocycles. The predicted octanol–water partition coefficient (Wildman–Crippen LogP) is 5.38. The number of carbonyl (C=O) groups is 1. The molecule has 0 aliphatic carbocycles. The first-order valence-corrected chi connectivity index (χ1v) is 9.28. The van der Waals surface area contributed by atoms with Crippen LogP contribution in [0.2, 0.25) is 0 Å². The highest BCUT2D eigenvalue weighted by Gasteiger charge is 2.01. The van der Waals surface area contributed by atoms with Gasteiger partial charge in [-0.1, -0.05) is 84.9 Å². The van der Waals surface area contributed by atoms with Gasteiger partial charge in [-0.05, 0) is 47.1 Å². The predicted molar refractivity (Wildman–Crippen MR) is 122 cm³/mol. The monoisotopic (exact) mass is 384 g/mol. The van der Waals surface area contributed by atoms with Gasteiger partial charge in [-0.2, -0.15) is 0 Å². The summed E-state index contributed by atoms with van der Waals surface area (Å²) in [6.45, 7) is 0. The normalized spacial score (nSPS) is 10.9. The fourth-order valence-electron chi connectivity index (χ4n) is 2.49. The molecule has 0 spiro atoms. The second kappa shape index (κ2) is 10.00. The van der Waals surface area contributed by atoms with E-state index in [4.69, 9.17) is 12.2 Å². The zero-order chi connectivity index (χ0) is 19.6. The van der Waals surface area contributed by atoms with Gasteiger partial charge in [0.25, 0.3) is 0 Å². The van der Waals surface area contributed by atoms with Crippen molar-refractivity contribution in [2.24, 2.45) is 0 Å². The topological polar surface area (TPSA) is 41.1 Å². The van der Waals surface area contributed by atoms with E-state index in [0.717, 1.165) is 22.4 Å². The van der Waals surface area contributed by atoms with Gasteiger partial charge < -0.3 is 5.32 Å². The van der Waals surface area contributed by atoms with Crippen LogP contribution in [0, 0.1) is 0 Å². The lowest BCUT2D eigenvalue weighted by molar-refractivity contribution is -0.115. The Bertz CT molecular complexity index is 978. The van der Waals surface area contributed by atoms with E-state index in [1.54, 1.807) is 6.08 Å². The van der Waals surface area contributed by atoms with Gasteiger partial charge in [0.2, 0.25) is 5.91 Å². The Kier molecular flexibility index (Phi) is 6.88. The summed E-state index contributed by atoms with van der Waals surface area (Å²) in [5, 5.41) is 5.91. The molecule has 0 fully saturated rings. The van der Waals surface area contributed by atoms with Crippen molar-refractivity contribution in [1.82, 2.24) is 5.32 Å². The molecule has 4 heteroatoms. The molecular formula is C24H20N2OS. The van der Waals surface area contributed by atoms with Crippen LogP contribution in [0.25, 0.3) is 18.2 Å². The molecule has 0 heterocycles. The number of hydrogen-bond acceptors (Lipinski definition) is 2. The Hall–Kier alpha value is -3.50. The van der Waals surface area contributed by atoms with Gasteiger partial charge in [-0.15, -0.1) is 0 Å². The molecule has 0 saturated heterocycles. The van der Waals surface area contributed by atoms with Crippen molar-refractivity contribution in [2.75, 3.05) is 5.32 Å². The maximum absolute atomic E-state index is 12.0. The van der Waals surface area contributed by atoms with Crippen molar-refractivity contribution in [3.8, 4) is 0 Å². The number of hydrogen-bond donors (Lipinski definition) is 2. The third-order valence-corrected chi connectivity index (χ3v) is 4.10. The van der Waals surface area contributed by atoms with E-state index in [1.165, 1.54) is 6.08 Å². The molecule has 0 atom stereocenters. The largest absolute Gasteiger partial charge is 0.332 e. The number of amides is 1. The van der Waals surface area contributed by atoms with Crippen molar-refractivity contribution in [3.05, 3.63) is 108 Å². The molecule has 0 aliphatic rings. The van der Waals surface area contributed by atoms with E-state index >= 15 is 0 Å². The van der Waals surface area contributed by atoms with E-state index in [1.807, 2.05) is 78.9 Å². The molecule has 2 N–H and O–H groups in total. The molecule has 0 radical (unpaired) electrons. The van der Waals surface area contributed by atoms with Gasteiger partial charge in [0.15, 0.2) is 5.11 Å². The van der Waals surface area contributed by atoms with Gasteiger partial charge in [0, 0.05) is 11.8 Å². The Balaban J connectivity index is 1.50. The lowest BCUT2D eigenvalue weighted by Gasteiger charge is -2.08. The summed E-state index contributed by atoms with van der Waals surface area (Å²) in [5.74, 6) is -0.274. The molecule has 3 rings (SSSR count). The van der Waals surface area contributed by atoms with Gasteiger partial charge in [-0.3, -0.25) is 10.1 Å². The summed E-state index contributed by atoms with van der Waals surface area (Å²) in [6, 6.07) is 27.6. The summed E-state index contributed by atoms with van der Waals surface area (Å²) in [5.41, 5.74) is 4.00. The third-order valence-electron chi connectivity index (χ3n) is 3.90. The summed E-state index contributed by atoms with van der Waals surface area (Å²) < 4.78 is 0. The van der Waals surface area contributed by atoms with Crippen LogP contribution in [0.15, 0.2) is 91.0 Å². The quantitative estimate of drug-likeness (QED) is 0.352. The summed E-state index contributed by atoms with van der Waals surface area (Å²) in [4.78, 5) is 12.0. The van der Waals surface area contributed by atoms with E-state index in [9.17, 15) is 4.79 Å². The standard InChI is InChI=1S/C24H20N2OS/c27-23(18-15-20-9-5-2-6-10-20)26-24(28)25-22-16-13-21(14-17-22)12-11-19-7-3-1-4-8-19/h1-18H,(H2,25,26,27,28)/b12-11+,18-15+. The number of carbonyl (C=O) groups excluding carboxylic acids is 1. The number of anilines is 1. The maximum atomic E-state index is 12.0. The Morgan fingerprint density at radius 1 is 0.679 bits per heavy atom. The molecule has 0 aliphatic heterocycles. The van der Waals surface area contributed by atoms with Crippen molar-refractivity contribution in [1.29, 1.82) is 0 Å². The van der Waals surface area contributed by atoms with Gasteiger partial charge in [0.05, 0.1) is 0 Å². The Morgan fingerprint density at radius 2 is 1.18 bits per heavy atom. The summed E-state index contributed by atoms with van der Waals surface area (Å²) in [7, 11) is 0. The van der Waals surface area contributed by atoms with Crippen LogP contribution in [-0.2, 0) is 4.79 Å². The van der Waals surface area contributed by atoms with Crippen molar-refractivity contribution >= 4 is 47.2 Å². The fourth-order valence-corrected chi connectivity index (χ4v) is 2.70. The average Bonchev–Trinajstić information content (AvgIpc) is 2.73. The first kappa shape index (κ1) is 19.3. The second-order valence-electron chi connectivity index (χ2n) is 6.05. The van der Waals surface area contributed by atoms with Crippen molar-refractivity contribution in [3.63, 3.8) is 0 Å². The molecule has 0 saturated carbocycles. The zero-order valence-corrected chi connectivity index (χ0v) is 16.0. The number of nitrogens with one attached hydrogen (secondary N) is 2. The molecule has 3 nitrogen and oxygen atoms in total. The van der Waals surface area contributed by atoms with Crippen LogP contribution >= 0.6 is 12.2 Å². The minimum absolute atomic E-state index is 0.260. The minimum atomic E-state index is -0.274. The highest BCUT2D eigenvalue weighted by Crippen LogP contribution is 2.12. The molecule has 0 unspecified atom stereocenters. The smallest absolute Gasteiger partial charge is 0.250 e. The van der Waals surface area contributed by atoms with E-state index < -0.39 is 0 Å². The molecule has 0 bridgehead atoms. The Morgan fingerprint density at radius 3 is 1.75 bits per heavy atom. The molecular weight excluding hydrogens is 364 g/mol. The van der Waals surface area contributed by atoms with E-state index in [2.05, 4.69) is 28.8 Å². The van der Waals surface area contributed by atoms with Crippen LogP contribution < -0.4 is 10.6 Å². The number of thiocarbonyl (C=S) groups is 1. The van der Waals surface area contributed by atoms with E-state index in [-0.39, 0.29) is 11.0 Å². The molecule has 3 aromatic carbocycles. The minimum Gasteiger partial charge on any atom is -0.332 e. The van der Waals surface area contributed by atoms with Gasteiger partial charge in [0.1, 0.15) is 0 Å². The summed E-state index contributed by atoms with van der Waals surface area (Å²) >= 11 is 5.20. The van der Waals surface area contributed by atoms with Crippen molar-refractivity contribution < 1.29 is 4.79 Å². The lowest BCUT2D eigenvalue weighted by Crippen LogP contribution is -2.32. The van der Waals surface area contributed by atoms with Crippen molar-refractivity contribution in [2.45, 2.75) is 0 Å². The fraction of sp³-hybridized carbons (Fsp3) is 0. The van der Waals surface area contributed by atoms with Crippen LogP contribution in [0.3, 0.4) is 0 Å². The van der Waals surface area contributed by atoms with Gasteiger partial charge >= 0.3 is 0 Å². The van der Waals surface area contributed by atoms with E-state index in [0.29, 0.717) is 0 Å². The molecule has 138 valence electrons. The lowest BCUT2D eigenvalue weighted by atomic mass is 10.1. The van der Waals surface area contributed by atoms with Crippen LogP contribution in [0.1, 0.15) is 16.7 Å². The number of rotatable bonds is 5. The third kappa shape index (κ3) is 6.34. The molecule has 3 aromatic rings. The Labute approximate surface area is 170 Å². The molecule has 28 heavy (non-hydrogen) atoms. The van der Waals surface area contributed by atoms with Gasteiger partial charge in [-0.25, -0.2) is 0 Å². The first-order valence-electron chi connectivity index (χ1n) is 8.87. The average molecular weight is 385 g/mol. The van der Waals surface area contributed by atoms with Crippen LogP contribution in [-0.4, -0.2) is 11.0 Å². The van der Waals surface area contributed by atoms with Crippen LogP contribution in [0.4, 0.5) is 5.69 Å². The highest BCUT2D eigenvalue weighted by molar-refractivity contribution is 7.80. The maximum Gasteiger partial charge on any atom is 0.250 e. The first-order chi connectivity index (χ1) is 13.7.